The Kier molecular flexibility index (Phi) is 6.79. The third-order valence-corrected chi connectivity index (χ3v) is 6.50. The van der Waals surface area contributed by atoms with Crippen molar-refractivity contribution in [2.75, 3.05) is 6.54 Å². The summed E-state index contributed by atoms with van der Waals surface area (Å²) in [6.45, 7) is 3.60. The summed E-state index contributed by atoms with van der Waals surface area (Å²) in [6, 6.07) is 34.3. The van der Waals surface area contributed by atoms with Crippen molar-refractivity contribution >= 4 is 0 Å². The van der Waals surface area contributed by atoms with Gasteiger partial charge in [0.05, 0.1) is 0 Å². The summed E-state index contributed by atoms with van der Waals surface area (Å²) in [5, 5.41) is 0. The van der Waals surface area contributed by atoms with Crippen molar-refractivity contribution in [1.29, 1.82) is 0 Å². The number of piperidine rings is 1. The molecule has 4 rings (SSSR count). The molecule has 1 nitrogen and oxygen atoms in total. The highest BCUT2D eigenvalue weighted by Gasteiger charge is 2.33. The Bertz CT molecular complexity index is 843. The largest absolute Gasteiger partial charge is 0.297 e. The molecule has 0 radical (unpaired) electrons. The topological polar surface area (TPSA) is 3.24 Å². The molecule has 3 atom stereocenters. The summed E-state index contributed by atoms with van der Waals surface area (Å²) >= 11 is 0. The molecule has 150 valence electrons. The lowest BCUT2D eigenvalue weighted by Gasteiger charge is -2.44. The Morgan fingerprint density at radius 2 is 1.17 bits per heavy atom. The molecule has 1 aliphatic heterocycles. The van der Waals surface area contributed by atoms with Gasteiger partial charge in [0.25, 0.3) is 0 Å². The zero-order valence-corrected chi connectivity index (χ0v) is 17.6. The van der Waals surface area contributed by atoms with Gasteiger partial charge in [-0.1, -0.05) is 91.0 Å². The van der Waals surface area contributed by atoms with E-state index in [0.29, 0.717) is 12.1 Å². The Labute approximate surface area is 176 Å². The van der Waals surface area contributed by atoms with Gasteiger partial charge in [0.1, 0.15) is 0 Å². The van der Waals surface area contributed by atoms with Crippen LogP contribution in [0.15, 0.2) is 91.0 Å². The average Bonchev–Trinajstić information content (AvgIpc) is 2.75. The number of hydrogen-bond acceptors (Lipinski definition) is 1. The summed E-state index contributed by atoms with van der Waals surface area (Å²) < 4.78 is 0. The molecule has 1 heteroatoms. The molecule has 0 saturated carbocycles. The first-order valence-electron chi connectivity index (χ1n) is 11.2. The number of rotatable bonds is 7. The third kappa shape index (κ3) is 5.58. The molecule has 1 aliphatic rings. The van der Waals surface area contributed by atoms with Crippen LogP contribution in [-0.2, 0) is 19.3 Å². The molecule has 3 unspecified atom stereocenters. The Balaban J connectivity index is 1.47. The number of nitrogens with zero attached hydrogens (tertiary/aromatic N) is 1. The highest BCUT2D eigenvalue weighted by molar-refractivity contribution is 5.19. The number of likely N-dealkylation sites (tertiary alicyclic amines) is 1. The van der Waals surface area contributed by atoms with Gasteiger partial charge in [-0.25, -0.2) is 0 Å². The van der Waals surface area contributed by atoms with E-state index in [1.807, 2.05) is 0 Å². The standard InChI is InChI=1S/C28H33N/c1-23-19-27(20-25-13-7-3-8-14-25)22-28(21-26-15-9-4-10-16-26)29(23)18-17-24-11-5-2-6-12-24/h2-16,23,27-28H,17-22H2,1H3. The van der Waals surface area contributed by atoms with E-state index >= 15 is 0 Å². The fraction of sp³-hybridized carbons (Fsp3) is 0.357. The van der Waals surface area contributed by atoms with Crippen LogP contribution >= 0.6 is 0 Å². The molecular weight excluding hydrogens is 350 g/mol. The molecule has 1 heterocycles. The summed E-state index contributed by atoms with van der Waals surface area (Å²) in [5.41, 5.74) is 4.40. The number of benzene rings is 3. The van der Waals surface area contributed by atoms with Gasteiger partial charge in [-0.3, -0.25) is 4.90 Å². The quantitative estimate of drug-likeness (QED) is 0.470. The Morgan fingerprint density at radius 1 is 0.655 bits per heavy atom. The zero-order valence-electron chi connectivity index (χ0n) is 17.6. The first-order valence-corrected chi connectivity index (χ1v) is 11.2. The van der Waals surface area contributed by atoms with E-state index in [1.165, 1.54) is 36.0 Å². The average molecular weight is 384 g/mol. The van der Waals surface area contributed by atoms with Crippen molar-refractivity contribution < 1.29 is 0 Å². The normalized spacial score (nSPS) is 22.4. The molecule has 1 saturated heterocycles. The summed E-state index contributed by atoms with van der Waals surface area (Å²) in [4.78, 5) is 2.79. The highest BCUT2D eigenvalue weighted by atomic mass is 15.2. The van der Waals surface area contributed by atoms with Crippen LogP contribution < -0.4 is 0 Å². The Morgan fingerprint density at radius 3 is 1.76 bits per heavy atom. The van der Waals surface area contributed by atoms with Gasteiger partial charge in [-0.05, 0) is 61.6 Å². The summed E-state index contributed by atoms with van der Waals surface area (Å²) in [7, 11) is 0. The molecule has 3 aromatic rings. The number of hydrogen-bond donors (Lipinski definition) is 0. The van der Waals surface area contributed by atoms with Gasteiger partial charge in [0.2, 0.25) is 0 Å². The molecule has 29 heavy (non-hydrogen) atoms. The van der Waals surface area contributed by atoms with E-state index in [9.17, 15) is 0 Å². The van der Waals surface area contributed by atoms with E-state index in [1.54, 1.807) is 0 Å². The van der Waals surface area contributed by atoms with E-state index in [2.05, 4.69) is 103 Å². The van der Waals surface area contributed by atoms with Crippen molar-refractivity contribution in [3.63, 3.8) is 0 Å². The van der Waals surface area contributed by atoms with Gasteiger partial charge >= 0.3 is 0 Å². The van der Waals surface area contributed by atoms with E-state index in [-0.39, 0.29) is 0 Å². The molecule has 0 aliphatic carbocycles. The van der Waals surface area contributed by atoms with Crippen molar-refractivity contribution in [2.24, 2.45) is 5.92 Å². The first-order chi connectivity index (χ1) is 14.3. The lowest BCUT2D eigenvalue weighted by atomic mass is 9.80. The van der Waals surface area contributed by atoms with Crippen LogP contribution in [0.3, 0.4) is 0 Å². The maximum absolute atomic E-state index is 2.79. The molecule has 0 aromatic heterocycles. The molecule has 0 amide bonds. The van der Waals surface area contributed by atoms with E-state index < -0.39 is 0 Å². The maximum atomic E-state index is 2.79. The lowest BCUT2D eigenvalue weighted by Crippen LogP contribution is -2.50. The zero-order chi connectivity index (χ0) is 19.9. The van der Waals surface area contributed by atoms with Gasteiger partial charge < -0.3 is 0 Å². The monoisotopic (exact) mass is 383 g/mol. The maximum Gasteiger partial charge on any atom is 0.0141 e. The second kappa shape index (κ2) is 9.89. The van der Waals surface area contributed by atoms with Gasteiger partial charge in [0.15, 0.2) is 0 Å². The van der Waals surface area contributed by atoms with E-state index in [4.69, 9.17) is 0 Å². The SMILES string of the molecule is CC1CC(Cc2ccccc2)CC(Cc2ccccc2)N1CCc1ccccc1. The molecular formula is C28H33N. The van der Waals surface area contributed by atoms with Gasteiger partial charge in [-0.2, -0.15) is 0 Å². The molecule has 0 bridgehead atoms. The first kappa shape index (κ1) is 19.9. The molecule has 1 fully saturated rings. The highest BCUT2D eigenvalue weighted by Crippen LogP contribution is 2.32. The second-order valence-corrected chi connectivity index (χ2v) is 8.69. The minimum absolute atomic E-state index is 0.624. The van der Waals surface area contributed by atoms with Gasteiger partial charge in [-0.15, -0.1) is 0 Å². The minimum atomic E-state index is 0.624. The predicted molar refractivity (Wildman–Crippen MR) is 123 cm³/mol. The third-order valence-electron chi connectivity index (χ3n) is 6.50. The molecule has 0 spiro atoms. The molecule has 3 aromatic carbocycles. The van der Waals surface area contributed by atoms with Crippen molar-refractivity contribution in [3.05, 3.63) is 108 Å². The van der Waals surface area contributed by atoms with Crippen LogP contribution in [0.25, 0.3) is 0 Å². The summed E-state index contributed by atoms with van der Waals surface area (Å²) in [6.07, 6.45) is 6.10. The fourth-order valence-corrected chi connectivity index (χ4v) is 5.10. The van der Waals surface area contributed by atoms with Crippen LogP contribution in [0.1, 0.15) is 36.5 Å². The lowest BCUT2D eigenvalue weighted by molar-refractivity contribution is 0.0615. The van der Waals surface area contributed by atoms with Crippen LogP contribution in [0.4, 0.5) is 0 Å². The Hall–Kier alpha value is -2.38. The van der Waals surface area contributed by atoms with E-state index in [0.717, 1.165) is 25.3 Å². The van der Waals surface area contributed by atoms with Crippen LogP contribution in [0, 0.1) is 5.92 Å². The smallest absolute Gasteiger partial charge is 0.0141 e. The second-order valence-electron chi connectivity index (χ2n) is 8.69. The summed E-state index contributed by atoms with van der Waals surface area (Å²) in [5.74, 6) is 0.772. The van der Waals surface area contributed by atoms with Crippen molar-refractivity contribution in [1.82, 2.24) is 4.90 Å². The fourth-order valence-electron chi connectivity index (χ4n) is 5.10. The van der Waals surface area contributed by atoms with Crippen LogP contribution in [-0.4, -0.2) is 23.5 Å². The minimum Gasteiger partial charge on any atom is -0.297 e. The van der Waals surface area contributed by atoms with Crippen LogP contribution in [0.2, 0.25) is 0 Å². The van der Waals surface area contributed by atoms with Crippen LogP contribution in [0.5, 0.6) is 0 Å². The van der Waals surface area contributed by atoms with Gasteiger partial charge in [0, 0.05) is 18.6 Å². The van der Waals surface area contributed by atoms with Crippen molar-refractivity contribution in [2.45, 2.75) is 51.1 Å². The van der Waals surface area contributed by atoms with Crippen molar-refractivity contribution in [3.8, 4) is 0 Å². The predicted octanol–water partition coefficient (Wildman–Crippen LogP) is 6.18. The molecule has 0 N–H and O–H groups in total.